The molecule has 170 valence electrons. The van der Waals surface area contributed by atoms with Crippen molar-refractivity contribution >= 4 is 21.6 Å². The molecule has 1 amide bonds. The van der Waals surface area contributed by atoms with Crippen LogP contribution < -0.4 is 10.0 Å². The SMILES string of the molecule is CCCCNS(=O)(=O)c1cccc(NC(=O)c2ccc(Cc3c(C)cc(C)cc3C)o2)c1. The van der Waals surface area contributed by atoms with Crippen molar-refractivity contribution in [3.8, 4) is 0 Å². The summed E-state index contributed by atoms with van der Waals surface area (Å²) in [7, 11) is -3.62. The quantitative estimate of drug-likeness (QED) is 0.439. The molecule has 2 aromatic carbocycles. The minimum absolute atomic E-state index is 0.108. The number of hydrogen-bond acceptors (Lipinski definition) is 4. The zero-order valence-corrected chi connectivity index (χ0v) is 19.8. The van der Waals surface area contributed by atoms with Crippen LogP contribution in [0.25, 0.3) is 0 Å². The normalized spacial score (nSPS) is 11.5. The molecule has 6 nitrogen and oxygen atoms in total. The fraction of sp³-hybridized carbons (Fsp3) is 0.320. The topological polar surface area (TPSA) is 88.4 Å². The highest BCUT2D eigenvalue weighted by Gasteiger charge is 2.17. The van der Waals surface area contributed by atoms with Gasteiger partial charge in [-0.05, 0) is 74.2 Å². The molecule has 1 heterocycles. The molecule has 0 spiro atoms. The lowest BCUT2D eigenvalue weighted by Crippen LogP contribution is -2.24. The third kappa shape index (κ3) is 5.87. The van der Waals surface area contributed by atoms with Gasteiger partial charge in [-0.25, -0.2) is 13.1 Å². The number of anilines is 1. The number of carbonyl (C=O) groups excluding carboxylic acids is 1. The summed E-state index contributed by atoms with van der Waals surface area (Å²) in [6.07, 6.45) is 2.26. The van der Waals surface area contributed by atoms with Crippen molar-refractivity contribution in [2.75, 3.05) is 11.9 Å². The Hall–Kier alpha value is -2.90. The lowest BCUT2D eigenvalue weighted by molar-refractivity contribution is 0.0995. The molecule has 7 heteroatoms. The van der Waals surface area contributed by atoms with Crippen LogP contribution >= 0.6 is 0 Å². The summed E-state index contributed by atoms with van der Waals surface area (Å²) >= 11 is 0. The van der Waals surface area contributed by atoms with Gasteiger partial charge in [0, 0.05) is 18.7 Å². The van der Waals surface area contributed by atoms with Gasteiger partial charge in [0.1, 0.15) is 5.76 Å². The molecule has 0 bridgehead atoms. The molecule has 0 saturated heterocycles. The minimum Gasteiger partial charge on any atom is -0.456 e. The van der Waals surface area contributed by atoms with Crippen molar-refractivity contribution in [3.05, 3.63) is 82.3 Å². The van der Waals surface area contributed by atoms with Crippen LogP contribution in [-0.2, 0) is 16.4 Å². The summed E-state index contributed by atoms with van der Waals surface area (Å²) in [4.78, 5) is 12.8. The Morgan fingerprint density at radius 3 is 2.41 bits per heavy atom. The van der Waals surface area contributed by atoms with Gasteiger partial charge >= 0.3 is 0 Å². The van der Waals surface area contributed by atoms with E-state index in [0.29, 0.717) is 24.4 Å². The average molecular weight is 455 g/mol. The van der Waals surface area contributed by atoms with E-state index in [1.165, 1.54) is 34.4 Å². The summed E-state index contributed by atoms with van der Waals surface area (Å²) in [5.74, 6) is 0.445. The predicted octanol–water partition coefficient (Wildman–Crippen LogP) is 5.13. The van der Waals surface area contributed by atoms with Gasteiger partial charge in [-0.2, -0.15) is 0 Å². The number of nitrogens with one attached hydrogen (secondary N) is 2. The van der Waals surface area contributed by atoms with E-state index < -0.39 is 15.9 Å². The lowest BCUT2D eigenvalue weighted by atomic mass is 9.97. The van der Waals surface area contributed by atoms with Crippen LogP contribution in [0.1, 0.15) is 58.3 Å². The summed E-state index contributed by atoms with van der Waals surface area (Å²) in [5.41, 5.74) is 5.17. The Kier molecular flexibility index (Phi) is 7.53. The van der Waals surface area contributed by atoms with E-state index in [4.69, 9.17) is 4.42 Å². The van der Waals surface area contributed by atoms with Crippen LogP contribution in [0.15, 0.2) is 57.8 Å². The van der Waals surface area contributed by atoms with E-state index in [1.807, 2.05) is 6.92 Å². The standard InChI is InChI=1S/C25H30N2O4S/c1-5-6-12-26-32(29,30)22-9-7-8-20(15-22)27-25(28)24-11-10-21(31-24)16-23-18(3)13-17(2)14-19(23)4/h7-11,13-15,26H,5-6,12,16H2,1-4H3,(H,27,28). The van der Waals surface area contributed by atoms with Gasteiger partial charge < -0.3 is 9.73 Å². The number of furan rings is 1. The molecule has 0 saturated carbocycles. The molecule has 3 rings (SSSR count). The lowest BCUT2D eigenvalue weighted by Gasteiger charge is -2.10. The summed E-state index contributed by atoms with van der Waals surface area (Å²) in [5, 5.41) is 2.72. The number of aryl methyl sites for hydroxylation is 3. The van der Waals surface area contributed by atoms with Gasteiger partial charge in [0.25, 0.3) is 5.91 Å². The molecule has 0 atom stereocenters. The summed E-state index contributed by atoms with van der Waals surface area (Å²) in [6.45, 7) is 8.59. The second kappa shape index (κ2) is 10.1. The van der Waals surface area contributed by atoms with Gasteiger partial charge in [0.05, 0.1) is 4.90 Å². The zero-order valence-electron chi connectivity index (χ0n) is 19.0. The molecule has 1 aromatic heterocycles. The first kappa shape index (κ1) is 23.8. The van der Waals surface area contributed by atoms with E-state index >= 15 is 0 Å². The third-order valence-electron chi connectivity index (χ3n) is 5.30. The summed E-state index contributed by atoms with van der Waals surface area (Å²) < 4.78 is 33.2. The van der Waals surface area contributed by atoms with Gasteiger partial charge in [-0.1, -0.05) is 37.1 Å². The Morgan fingerprint density at radius 1 is 1.00 bits per heavy atom. The Balaban J connectivity index is 1.71. The molecule has 0 unspecified atom stereocenters. The molecule has 2 N–H and O–H groups in total. The van der Waals surface area contributed by atoms with Gasteiger partial charge in [-0.15, -0.1) is 0 Å². The highest BCUT2D eigenvalue weighted by atomic mass is 32.2. The van der Waals surface area contributed by atoms with Crippen LogP contribution in [0.2, 0.25) is 0 Å². The van der Waals surface area contributed by atoms with Crippen molar-refractivity contribution in [1.29, 1.82) is 0 Å². The fourth-order valence-electron chi connectivity index (χ4n) is 3.66. The number of hydrogen-bond donors (Lipinski definition) is 2. The predicted molar refractivity (Wildman–Crippen MR) is 127 cm³/mol. The van der Waals surface area contributed by atoms with Crippen molar-refractivity contribution in [3.63, 3.8) is 0 Å². The van der Waals surface area contributed by atoms with Crippen LogP contribution in [0.5, 0.6) is 0 Å². The number of sulfonamides is 1. The molecule has 0 aliphatic heterocycles. The molecule has 0 fully saturated rings. The van der Waals surface area contributed by atoms with Crippen LogP contribution in [0, 0.1) is 20.8 Å². The maximum atomic E-state index is 12.7. The van der Waals surface area contributed by atoms with E-state index in [9.17, 15) is 13.2 Å². The highest BCUT2D eigenvalue weighted by Crippen LogP contribution is 2.22. The Labute approximate surface area is 190 Å². The first-order chi connectivity index (χ1) is 15.2. The Bertz CT molecular complexity index is 1190. The molecule has 0 aliphatic rings. The minimum atomic E-state index is -3.62. The number of benzene rings is 2. The average Bonchev–Trinajstić information content (AvgIpc) is 3.20. The van der Waals surface area contributed by atoms with Gasteiger partial charge in [0.2, 0.25) is 10.0 Å². The van der Waals surface area contributed by atoms with Crippen LogP contribution in [0.4, 0.5) is 5.69 Å². The third-order valence-corrected chi connectivity index (χ3v) is 6.76. The fourth-order valence-corrected chi connectivity index (χ4v) is 4.78. The highest BCUT2D eigenvalue weighted by molar-refractivity contribution is 7.89. The van der Waals surface area contributed by atoms with E-state index in [2.05, 4.69) is 42.9 Å². The monoisotopic (exact) mass is 454 g/mol. The molecule has 3 aromatic rings. The largest absolute Gasteiger partial charge is 0.456 e. The molecular formula is C25H30N2O4S. The maximum absolute atomic E-state index is 12.7. The van der Waals surface area contributed by atoms with E-state index in [0.717, 1.165) is 12.8 Å². The first-order valence-electron chi connectivity index (χ1n) is 10.8. The van der Waals surface area contributed by atoms with Crippen molar-refractivity contribution in [2.24, 2.45) is 0 Å². The first-order valence-corrected chi connectivity index (χ1v) is 12.2. The van der Waals surface area contributed by atoms with E-state index in [-0.39, 0.29) is 10.7 Å². The number of rotatable bonds is 9. The maximum Gasteiger partial charge on any atom is 0.291 e. The van der Waals surface area contributed by atoms with E-state index in [1.54, 1.807) is 24.3 Å². The van der Waals surface area contributed by atoms with Crippen molar-refractivity contribution in [2.45, 2.75) is 51.9 Å². The van der Waals surface area contributed by atoms with Crippen LogP contribution in [0.3, 0.4) is 0 Å². The Morgan fingerprint density at radius 2 is 1.72 bits per heavy atom. The molecular weight excluding hydrogens is 424 g/mol. The smallest absolute Gasteiger partial charge is 0.291 e. The number of carbonyl (C=O) groups is 1. The summed E-state index contributed by atoms with van der Waals surface area (Å²) in [6, 6.07) is 13.9. The van der Waals surface area contributed by atoms with Crippen LogP contribution in [-0.4, -0.2) is 20.9 Å². The zero-order chi connectivity index (χ0) is 23.3. The van der Waals surface area contributed by atoms with Gasteiger partial charge in [0.15, 0.2) is 5.76 Å². The van der Waals surface area contributed by atoms with Crippen molar-refractivity contribution < 1.29 is 17.6 Å². The molecule has 0 radical (unpaired) electrons. The number of amides is 1. The second-order valence-corrected chi connectivity index (χ2v) is 9.82. The molecule has 32 heavy (non-hydrogen) atoms. The second-order valence-electron chi connectivity index (χ2n) is 8.05. The van der Waals surface area contributed by atoms with Crippen molar-refractivity contribution in [1.82, 2.24) is 4.72 Å². The van der Waals surface area contributed by atoms with Gasteiger partial charge in [-0.3, -0.25) is 4.79 Å². The molecule has 0 aliphatic carbocycles. The number of unbranched alkanes of at least 4 members (excludes halogenated alkanes) is 1.